The molecular weight excluding hydrogens is 251 g/mol. The zero-order valence-electron chi connectivity index (χ0n) is 10.3. The highest BCUT2D eigenvalue weighted by atomic mass is 19.1. The summed E-state index contributed by atoms with van der Waals surface area (Å²) in [6, 6.07) is 6.12. The number of H-pyrrole nitrogens is 1. The molecule has 1 aromatic heterocycles. The van der Waals surface area contributed by atoms with Crippen LogP contribution in [0.3, 0.4) is 0 Å². The maximum atomic E-state index is 13.3. The molecule has 1 heterocycles. The monoisotopic (exact) mass is 264 g/mol. The van der Waals surface area contributed by atoms with E-state index in [9.17, 15) is 9.18 Å². The summed E-state index contributed by atoms with van der Waals surface area (Å²) in [6.45, 7) is 0.505. The van der Waals surface area contributed by atoms with Crippen molar-refractivity contribution in [2.24, 2.45) is 0 Å². The van der Waals surface area contributed by atoms with Gasteiger partial charge in [-0.25, -0.2) is 9.37 Å². The van der Waals surface area contributed by atoms with Crippen molar-refractivity contribution in [3.05, 3.63) is 42.2 Å². The molecule has 0 saturated heterocycles. The molecule has 0 spiro atoms. The van der Waals surface area contributed by atoms with E-state index in [1.54, 1.807) is 19.2 Å². The number of halogens is 1. The molecule has 7 heteroatoms. The summed E-state index contributed by atoms with van der Waals surface area (Å²) in [4.78, 5) is 17.0. The number of hydrogen-bond donors (Lipinski definition) is 1. The molecule has 2 rings (SSSR count). The number of carbonyl (C=O) groups excluding carboxylic acids is 1. The Morgan fingerprint density at radius 2 is 2.26 bits per heavy atom. The molecule has 19 heavy (non-hydrogen) atoms. The Kier molecular flexibility index (Phi) is 4.07. The average molecular weight is 264 g/mol. The zero-order valence-corrected chi connectivity index (χ0v) is 10.3. The minimum absolute atomic E-state index is 0.161. The Labute approximate surface area is 109 Å². The molecular formula is C12H13FN4O2. The fraction of sp³-hybridized carbons (Fsp3) is 0.250. The molecule has 0 aliphatic rings. The molecule has 1 N–H and O–H groups in total. The summed E-state index contributed by atoms with van der Waals surface area (Å²) >= 11 is 0. The summed E-state index contributed by atoms with van der Waals surface area (Å²) in [7, 11) is 1.61. The Balaban J connectivity index is 1.83. The number of hydrogen-bond acceptors (Lipinski definition) is 4. The third kappa shape index (κ3) is 3.27. The van der Waals surface area contributed by atoms with Gasteiger partial charge in [0.1, 0.15) is 12.9 Å². The first-order valence-electron chi connectivity index (χ1n) is 5.66. The fourth-order valence-corrected chi connectivity index (χ4v) is 1.45. The second kappa shape index (κ2) is 5.94. The van der Waals surface area contributed by atoms with Crippen LogP contribution in [0, 0.1) is 5.82 Å². The van der Waals surface area contributed by atoms with Gasteiger partial charge in [0.05, 0.1) is 6.54 Å². The molecule has 0 aliphatic heterocycles. The second-order valence-electron chi connectivity index (χ2n) is 3.84. The SMILES string of the molecule is CN(CCOc1ccccc1F)C(=O)c1ncn[nH]1. The largest absolute Gasteiger partial charge is 0.489 e. The number of likely N-dealkylation sites (N-methyl/N-ethyl adjacent to an activating group) is 1. The molecule has 6 nitrogen and oxygen atoms in total. The third-order valence-electron chi connectivity index (χ3n) is 2.49. The highest BCUT2D eigenvalue weighted by molar-refractivity contribution is 5.90. The van der Waals surface area contributed by atoms with Crippen molar-refractivity contribution in [3.8, 4) is 5.75 Å². The molecule has 100 valence electrons. The lowest BCUT2D eigenvalue weighted by Crippen LogP contribution is -2.31. The Hall–Kier alpha value is -2.44. The molecule has 0 fully saturated rings. The summed E-state index contributed by atoms with van der Waals surface area (Å²) in [5, 5.41) is 6.08. The quantitative estimate of drug-likeness (QED) is 0.877. The smallest absolute Gasteiger partial charge is 0.291 e. The first kappa shape index (κ1) is 13.0. The minimum atomic E-state index is -0.424. The summed E-state index contributed by atoms with van der Waals surface area (Å²) in [6.07, 6.45) is 1.26. The number of nitrogens with zero attached hydrogens (tertiary/aromatic N) is 3. The van der Waals surface area contributed by atoms with Crippen LogP contribution in [-0.2, 0) is 0 Å². The maximum absolute atomic E-state index is 13.3. The molecule has 0 radical (unpaired) electrons. The van der Waals surface area contributed by atoms with E-state index in [0.717, 1.165) is 0 Å². The van der Waals surface area contributed by atoms with Gasteiger partial charge < -0.3 is 9.64 Å². The van der Waals surface area contributed by atoms with Crippen LogP contribution in [0.25, 0.3) is 0 Å². The highest BCUT2D eigenvalue weighted by Crippen LogP contribution is 2.14. The van der Waals surface area contributed by atoms with Crippen LogP contribution >= 0.6 is 0 Å². The molecule has 1 aromatic carbocycles. The van der Waals surface area contributed by atoms with Crippen molar-refractivity contribution in [2.45, 2.75) is 0 Å². The number of nitrogens with one attached hydrogen (secondary N) is 1. The molecule has 0 saturated carbocycles. The molecule has 2 aromatic rings. The number of aromatic amines is 1. The van der Waals surface area contributed by atoms with Gasteiger partial charge in [0.2, 0.25) is 5.82 Å². The number of carbonyl (C=O) groups is 1. The summed E-state index contributed by atoms with van der Waals surface area (Å²) in [5.41, 5.74) is 0. The first-order chi connectivity index (χ1) is 9.18. The Morgan fingerprint density at radius 1 is 1.47 bits per heavy atom. The molecule has 1 amide bonds. The van der Waals surface area contributed by atoms with Crippen molar-refractivity contribution < 1.29 is 13.9 Å². The third-order valence-corrected chi connectivity index (χ3v) is 2.49. The normalized spacial score (nSPS) is 10.2. The molecule has 0 bridgehead atoms. The lowest BCUT2D eigenvalue weighted by molar-refractivity contribution is 0.0761. The van der Waals surface area contributed by atoms with Crippen LogP contribution in [0.4, 0.5) is 4.39 Å². The van der Waals surface area contributed by atoms with Gasteiger partial charge in [-0.05, 0) is 12.1 Å². The van der Waals surface area contributed by atoms with Crippen molar-refractivity contribution in [2.75, 3.05) is 20.2 Å². The molecule has 0 atom stereocenters. The van der Waals surface area contributed by atoms with E-state index in [-0.39, 0.29) is 24.1 Å². The minimum Gasteiger partial charge on any atom is -0.489 e. The van der Waals surface area contributed by atoms with E-state index < -0.39 is 5.82 Å². The lowest BCUT2D eigenvalue weighted by atomic mass is 10.3. The van der Waals surface area contributed by atoms with Crippen molar-refractivity contribution >= 4 is 5.91 Å². The van der Waals surface area contributed by atoms with Crippen molar-refractivity contribution in [3.63, 3.8) is 0 Å². The Bertz CT molecular complexity index is 544. The number of aromatic nitrogens is 3. The average Bonchev–Trinajstić information content (AvgIpc) is 2.94. The second-order valence-corrected chi connectivity index (χ2v) is 3.84. The van der Waals surface area contributed by atoms with Crippen molar-refractivity contribution in [1.29, 1.82) is 0 Å². The van der Waals surface area contributed by atoms with Crippen LogP contribution < -0.4 is 4.74 Å². The van der Waals surface area contributed by atoms with Gasteiger partial charge >= 0.3 is 0 Å². The number of rotatable bonds is 5. The van der Waals surface area contributed by atoms with Gasteiger partial charge in [0.15, 0.2) is 11.6 Å². The van der Waals surface area contributed by atoms with Crippen LogP contribution in [0.15, 0.2) is 30.6 Å². The van der Waals surface area contributed by atoms with E-state index in [1.807, 2.05) is 0 Å². The van der Waals surface area contributed by atoms with E-state index in [0.29, 0.717) is 6.54 Å². The van der Waals surface area contributed by atoms with E-state index in [2.05, 4.69) is 15.2 Å². The zero-order chi connectivity index (χ0) is 13.7. The van der Waals surface area contributed by atoms with E-state index >= 15 is 0 Å². The number of ether oxygens (including phenoxy) is 1. The van der Waals surface area contributed by atoms with Crippen LogP contribution in [0.2, 0.25) is 0 Å². The van der Waals surface area contributed by atoms with Gasteiger partial charge in [-0.1, -0.05) is 12.1 Å². The van der Waals surface area contributed by atoms with Gasteiger partial charge in [-0.3, -0.25) is 9.89 Å². The summed E-state index contributed by atoms with van der Waals surface area (Å²) in [5.74, 6) is -0.391. The first-order valence-corrected chi connectivity index (χ1v) is 5.66. The predicted molar refractivity (Wildman–Crippen MR) is 65.2 cm³/mol. The standard InChI is InChI=1S/C12H13FN4O2/c1-17(12(18)11-14-8-15-16-11)6-7-19-10-5-3-2-4-9(10)13/h2-5,8H,6-7H2,1H3,(H,14,15,16). The van der Waals surface area contributed by atoms with Crippen LogP contribution in [0.1, 0.15) is 10.6 Å². The summed E-state index contributed by atoms with van der Waals surface area (Å²) < 4.78 is 18.5. The van der Waals surface area contributed by atoms with Crippen molar-refractivity contribution in [1.82, 2.24) is 20.1 Å². The van der Waals surface area contributed by atoms with Gasteiger partial charge in [0, 0.05) is 7.05 Å². The maximum Gasteiger partial charge on any atom is 0.291 e. The topological polar surface area (TPSA) is 71.1 Å². The number of amides is 1. The van der Waals surface area contributed by atoms with E-state index in [1.165, 1.54) is 23.4 Å². The molecule has 0 aliphatic carbocycles. The van der Waals surface area contributed by atoms with E-state index in [4.69, 9.17) is 4.74 Å². The van der Waals surface area contributed by atoms with Gasteiger partial charge in [0.25, 0.3) is 5.91 Å². The van der Waals surface area contributed by atoms with Crippen LogP contribution in [-0.4, -0.2) is 46.2 Å². The Morgan fingerprint density at radius 3 is 2.95 bits per heavy atom. The fourth-order valence-electron chi connectivity index (χ4n) is 1.45. The number of benzene rings is 1. The predicted octanol–water partition coefficient (Wildman–Crippen LogP) is 1.09. The highest BCUT2D eigenvalue weighted by Gasteiger charge is 2.14. The van der Waals surface area contributed by atoms with Crippen LogP contribution in [0.5, 0.6) is 5.75 Å². The number of para-hydroxylation sites is 1. The van der Waals surface area contributed by atoms with Gasteiger partial charge in [-0.2, -0.15) is 5.10 Å². The van der Waals surface area contributed by atoms with Gasteiger partial charge in [-0.15, -0.1) is 0 Å². The lowest BCUT2D eigenvalue weighted by Gasteiger charge is -2.16. The molecule has 0 unspecified atom stereocenters.